The van der Waals surface area contributed by atoms with Crippen molar-refractivity contribution >= 4 is 41.3 Å². The quantitative estimate of drug-likeness (QED) is 0.636. The van der Waals surface area contributed by atoms with E-state index >= 15 is 0 Å². The first-order chi connectivity index (χ1) is 6.67. The molecule has 1 rings (SSSR count). The Hall–Kier alpha value is -1.13. The van der Waals surface area contributed by atoms with E-state index in [1.165, 1.54) is 0 Å². The maximum Gasteiger partial charge on any atom is 0.239 e. The Morgan fingerprint density at radius 1 is 1.60 bits per heavy atom. The topological polar surface area (TPSA) is 64.3 Å². The summed E-state index contributed by atoms with van der Waals surface area (Å²) in [5, 5.41) is 2.56. The first-order valence-electron chi connectivity index (χ1n) is 3.96. The molecule has 1 aromatic rings. The number of amides is 1. The molecule has 0 saturated heterocycles. The number of rotatable bonds is 3. The van der Waals surface area contributed by atoms with Crippen molar-refractivity contribution in [3.05, 3.63) is 18.2 Å². The number of anilines is 2. The third kappa shape index (κ3) is 3.85. The van der Waals surface area contributed by atoms with Crippen LogP contribution in [0.3, 0.4) is 0 Å². The third-order valence-corrected chi connectivity index (χ3v) is 1.90. The van der Waals surface area contributed by atoms with E-state index < -0.39 is 0 Å². The van der Waals surface area contributed by atoms with Gasteiger partial charge >= 0.3 is 0 Å². The first kappa shape index (κ1) is 13.9. The number of hydrogen-bond acceptors (Lipinski definition) is 3. The second-order valence-electron chi connectivity index (χ2n) is 2.63. The van der Waals surface area contributed by atoms with Gasteiger partial charge in [0.25, 0.3) is 0 Å². The van der Waals surface area contributed by atoms with Crippen LogP contribution >= 0.6 is 24.0 Å². The van der Waals surface area contributed by atoms with E-state index in [2.05, 4.69) is 5.32 Å². The van der Waals surface area contributed by atoms with Gasteiger partial charge in [0.1, 0.15) is 11.6 Å². The molecule has 1 aromatic carbocycles. The van der Waals surface area contributed by atoms with E-state index in [0.717, 1.165) is 0 Å². The minimum absolute atomic E-state index is 0. The van der Waals surface area contributed by atoms with E-state index in [0.29, 0.717) is 17.1 Å². The lowest BCUT2D eigenvalue weighted by atomic mass is 10.2. The highest BCUT2D eigenvalue weighted by Crippen LogP contribution is 2.24. The minimum atomic E-state index is -0.299. The molecule has 0 radical (unpaired) electrons. The largest absolute Gasteiger partial charge is 0.497 e. The number of nitrogen functional groups attached to an aromatic ring is 1. The van der Waals surface area contributed by atoms with Gasteiger partial charge in [-0.2, -0.15) is 0 Å². The lowest BCUT2D eigenvalue weighted by Crippen LogP contribution is -2.13. The Kier molecular flexibility index (Phi) is 5.89. The second-order valence-corrected chi connectivity index (χ2v) is 2.90. The molecule has 0 aliphatic carbocycles. The Labute approximate surface area is 99.1 Å². The van der Waals surface area contributed by atoms with Crippen molar-refractivity contribution in [3.8, 4) is 5.75 Å². The fourth-order valence-electron chi connectivity index (χ4n) is 0.954. The Balaban J connectivity index is 0.00000196. The molecule has 0 aromatic heterocycles. The number of benzene rings is 1. The Morgan fingerprint density at radius 3 is 2.80 bits per heavy atom. The van der Waals surface area contributed by atoms with Crippen molar-refractivity contribution in [2.75, 3.05) is 24.0 Å². The van der Waals surface area contributed by atoms with E-state index in [9.17, 15) is 4.79 Å². The number of hydrogen-bond donors (Lipinski definition) is 2. The molecule has 0 unspecified atom stereocenters. The fourth-order valence-corrected chi connectivity index (χ4v) is 1.02. The van der Waals surface area contributed by atoms with Gasteiger partial charge in [-0.3, -0.25) is 4.79 Å². The normalized spacial score (nSPS) is 8.93. The molecular weight excluding hydrogens is 239 g/mol. The monoisotopic (exact) mass is 250 g/mol. The van der Waals surface area contributed by atoms with Crippen LogP contribution in [0.4, 0.5) is 11.4 Å². The van der Waals surface area contributed by atoms with Crippen molar-refractivity contribution in [1.29, 1.82) is 0 Å². The summed E-state index contributed by atoms with van der Waals surface area (Å²) in [6.07, 6.45) is 0. The average Bonchev–Trinajstić information content (AvgIpc) is 2.21. The van der Waals surface area contributed by atoms with Gasteiger partial charge < -0.3 is 15.8 Å². The van der Waals surface area contributed by atoms with Crippen molar-refractivity contribution in [2.45, 2.75) is 0 Å². The smallest absolute Gasteiger partial charge is 0.239 e. The summed E-state index contributed by atoms with van der Waals surface area (Å²) in [5.74, 6) is 0.229. The number of methoxy groups -OCH3 is 1. The summed E-state index contributed by atoms with van der Waals surface area (Å²) in [6.45, 7) is 0. The van der Waals surface area contributed by atoms with Crippen LogP contribution in [0, 0.1) is 0 Å². The predicted octanol–water partition coefficient (Wildman–Crippen LogP) is 1.88. The zero-order valence-electron chi connectivity index (χ0n) is 8.12. The highest BCUT2D eigenvalue weighted by Gasteiger charge is 2.04. The number of nitrogens with one attached hydrogen (secondary N) is 1. The van der Waals surface area contributed by atoms with Gasteiger partial charge in [0.15, 0.2) is 0 Å². The summed E-state index contributed by atoms with van der Waals surface area (Å²) in [7, 11) is 1.54. The summed E-state index contributed by atoms with van der Waals surface area (Å²) in [4.78, 5) is 11.0. The number of nitrogens with two attached hydrogens (primary N) is 1. The molecule has 0 aliphatic rings. The third-order valence-electron chi connectivity index (χ3n) is 1.66. The molecule has 0 bridgehead atoms. The van der Waals surface area contributed by atoms with Crippen molar-refractivity contribution in [1.82, 2.24) is 0 Å². The van der Waals surface area contributed by atoms with Crippen LogP contribution in [0.15, 0.2) is 18.2 Å². The molecule has 0 heterocycles. The van der Waals surface area contributed by atoms with Gasteiger partial charge in [0.05, 0.1) is 18.5 Å². The number of halogens is 2. The second kappa shape index (κ2) is 6.37. The zero-order valence-corrected chi connectivity index (χ0v) is 9.69. The van der Waals surface area contributed by atoms with Crippen molar-refractivity contribution in [2.24, 2.45) is 0 Å². The highest BCUT2D eigenvalue weighted by molar-refractivity contribution is 6.29. The summed E-state index contributed by atoms with van der Waals surface area (Å²) >= 11 is 5.34. The van der Waals surface area contributed by atoms with Gasteiger partial charge in [0.2, 0.25) is 5.91 Å². The molecule has 1 amide bonds. The highest BCUT2D eigenvalue weighted by atomic mass is 35.5. The Morgan fingerprint density at radius 2 is 2.27 bits per heavy atom. The molecule has 0 saturated carbocycles. The molecule has 0 aliphatic heterocycles. The lowest BCUT2D eigenvalue weighted by Gasteiger charge is -2.08. The van der Waals surface area contributed by atoms with Gasteiger partial charge in [-0.15, -0.1) is 24.0 Å². The van der Waals surface area contributed by atoms with Gasteiger partial charge in [-0.25, -0.2) is 0 Å². The van der Waals surface area contributed by atoms with Crippen LogP contribution in [0.1, 0.15) is 0 Å². The molecule has 0 spiro atoms. The molecule has 0 atom stereocenters. The van der Waals surface area contributed by atoms with Crippen LogP contribution in [-0.2, 0) is 4.79 Å². The number of alkyl halides is 1. The summed E-state index contributed by atoms with van der Waals surface area (Å²) in [6, 6.07) is 5.01. The molecule has 3 N–H and O–H groups in total. The molecule has 15 heavy (non-hydrogen) atoms. The van der Waals surface area contributed by atoms with E-state index in [-0.39, 0.29) is 24.2 Å². The molecule has 6 heteroatoms. The van der Waals surface area contributed by atoms with Crippen molar-refractivity contribution < 1.29 is 9.53 Å². The van der Waals surface area contributed by atoms with E-state index in [1.54, 1.807) is 25.3 Å². The average molecular weight is 251 g/mol. The summed E-state index contributed by atoms with van der Waals surface area (Å²) < 4.78 is 4.99. The molecule has 0 fully saturated rings. The molecular formula is C9H12Cl2N2O2. The standard InChI is InChI=1S/C9H11ClN2O2.ClH/c1-14-6-2-3-7(11)8(4-6)12-9(13)5-10;/h2-4H,5,11H2,1H3,(H,12,13);1H. The van der Waals surface area contributed by atoms with Crippen molar-refractivity contribution in [3.63, 3.8) is 0 Å². The van der Waals surface area contributed by atoms with Crippen LogP contribution in [0.2, 0.25) is 0 Å². The van der Waals surface area contributed by atoms with Crippen LogP contribution in [-0.4, -0.2) is 18.9 Å². The predicted molar refractivity (Wildman–Crippen MR) is 64.0 cm³/mol. The van der Waals surface area contributed by atoms with E-state index in [4.69, 9.17) is 22.1 Å². The van der Waals surface area contributed by atoms with Gasteiger partial charge in [-0.05, 0) is 12.1 Å². The van der Waals surface area contributed by atoms with Gasteiger partial charge in [-0.1, -0.05) is 0 Å². The van der Waals surface area contributed by atoms with Crippen LogP contribution < -0.4 is 15.8 Å². The zero-order chi connectivity index (χ0) is 10.6. The maximum atomic E-state index is 11.0. The first-order valence-corrected chi connectivity index (χ1v) is 4.50. The Bertz CT molecular complexity index is 345. The number of carbonyl (C=O) groups excluding carboxylic acids is 1. The summed E-state index contributed by atoms with van der Waals surface area (Å²) in [5.41, 5.74) is 6.62. The van der Waals surface area contributed by atoms with Crippen LogP contribution in [0.25, 0.3) is 0 Å². The van der Waals surface area contributed by atoms with Gasteiger partial charge in [0, 0.05) is 6.07 Å². The maximum absolute atomic E-state index is 11.0. The fraction of sp³-hybridized carbons (Fsp3) is 0.222. The van der Waals surface area contributed by atoms with Crippen LogP contribution in [0.5, 0.6) is 5.75 Å². The number of ether oxygens (including phenoxy) is 1. The lowest BCUT2D eigenvalue weighted by molar-refractivity contribution is -0.113. The number of carbonyl (C=O) groups is 1. The van der Waals surface area contributed by atoms with E-state index in [1.807, 2.05) is 0 Å². The molecule has 84 valence electrons. The minimum Gasteiger partial charge on any atom is -0.497 e. The SMILES string of the molecule is COc1ccc(N)c(NC(=O)CCl)c1.Cl. The molecule has 4 nitrogen and oxygen atoms in total.